The molecule has 0 amide bonds. The van der Waals surface area contributed by atoms with Crippen LogP contribution in [0.4, 0.5) is 4.39 Å². The Balaban J connectivity index is 0.00000180. The fraction of sp³-hybridized carbons (Fsp3) is 0.538. The quantitative estimate of drug-likeness (QED) is 0.869. The Morgan fingerprint density at radius 2 is 1.74 bits per heavy atom. The van der Waals surface area contributed by atoms with Crippen LogP contribution in [0.2, 0.25) is 0 Å². The van der Waals surface area contributed by atoms with Gasteiger partial charge in [-0.25, -0.2) is 12.8 Å². The van der Waals surface area contributed by atoms with E-state index >= 15 is 0 Å². The Hall–Kier alpha value is -0.650. The predicted molar refractivity (Wildman–Crippen MR) is 75.9 cm³/mol. The molecule has 0 spiro atoms. The van der Waals surface area contributed by atoms with Crippen LogP contribution in [0.25, 0.3) is 0 Å². The highest BCUT2D eigenvalue weighted by atomic mass is 35.5. The minimum Gasteiger partial charge on any atom is -0.317 e. The summed E-state index contributed by atoms with van der Waals surface area (Å²) in [5.41, 5.74) is 0. The first kappa shape index (κ1) is 16.4. The van der Waals surface area contributed by atoms with Gasteiger partial charge in [-0.05, 0) is 62.5 Å². The lowest BCUT2D eigenvalue weighted by Gasteiger charge is -2.22. The molecule has 1 aliphatic heterocycles. The van der Waals surface area contributed by atoms with Crippen LogP contribution < -0.4 is 5.32 Å². The molecule has 1 heterocycles. The summed E-state index contributed by atoms with van der Waals surface area (Å²) >= 11 is 0. The summed E-state index contributed by atoms with van der Waals surface area (Å²) in [7, 11) is -3.26. The highest BCUT2D eigenvalue weighted by Crippen LogP contribution is 2.20. The van der Waals surface area contributed by atoms with E-state index in [4.69, 9.17) is 0 Å². The van der Waals surface area contributed by atoms with Gasteiger partial charge in [0, 0.05) is 0 Å². The summed E-state index contributed by atoms with van der Waals surface area (Å²) in [5, 5.41) is 3.26. The van der Waals surface area contributed by atoms with Crippen molar-refractivity contribution < 1.29 is 12.8 Å². The Bertz CT molecular complexity index is 484. The number of sulfone groups is 1. The number of nitrogens with one attached hydrogen (secondary N) is 1. The van der Waals surface area contributed by atoms with E-state index in [1.54, 1.807) is 0 Å². The second-order valence-corrected chi connectivity index (χ2v) is 6.86. The molecule has 0 unspecified atom stereocenters. The number of rotatable bonds is 4. The number of hydrogen-bond donors (Lipinski definition) is 1. The Labute approximate surface area is 119 Å². The molecule has 1 aromatic carbocycles. The van der Waals surface area contributed by atoms with Crippen molar-refractivity contribution in [2.45, 2.75) is 24.2 Å². The molecule has 6 heteroatoms. The lowest BCUT2D eigenvalue weighted by Crippen LogP contribution is -2.28. The van der Waals surface area contributed by atoms with Crippen molar-refractivity contribution in [2.24, 2.45) is 5.92 Å². The zero-order valence-electron chi connectivity index (χ0n) is 10.6. The molecule has 108 valence electrons. The summed E-state index contributed by atoms with van der Waals surface area (Å²) in [5.74, 6) is 0.234. The third-order valence-electron chi connectivity index (χ3n) is 3.43. The van der Waals surface area contributed by atoms with Crippen molar-refractivity contribution in [3.8, 4) is 0 Å². The van der Waals surface area contributed by atoms with Gasteiger partial charge in [0.1, 0.15) is 5.82 Å². The van der Waals surface area contributed by atoms with Crippen LogP contribution in [-0.4, -0.2) is 27.3 Å². The van der Waals surface area contributed by atoms with Gasteiger partial charge in [0.2, 0.25) is 0 Å². The van der Waals surface area contributed by atoms with Crippen LogP contribution >= 0.6 is 12.4 Å². The summed E-state index contributed by atoms with van der Waals surface area (Å²) < 4.78 is 36.8. The smallest absolute Gasteiger partial charge is 0.178 e. The average Bonchev–Trinajstić information content (AvgIpc) is 2.38. The zero-order chi connectivity index (χ0) is 13.0. The first-order valence-corrected chi connectivity index (χ1v) is 7.92. The van der Waals surface area contributed by atoms with E-state index in [0.717, 1.165) is 25.9 Å². The summed E-state index contributed by atoms with van der Waals surface area (Å²) in [4.78, 5) is 0.220. The SMILES string of the molecule is Cl.O=S(=O)(CCC1CCNCC1)c1ccc(F)cc1. The molecule has 1 fully saturated rings. The van der Waals surface area contributed by atoms with E-state index in [1.165, 1.54) is 24.3 Å². The molecule has 0 bridgehead atoms. The van der Waals surface area contributed by atoms with Crippen molar-refractivity contribution in [3.63, 3.8) is 0 Å². The molecule has 19 heavy (non-hydrogen) atoms. The topological polar surface area (TPSA) is 46.2 Å². The van der Waals surface area contributed by atoms with Crippen LogP contribution in [0, 0.1) is 11.7 Å². The third kappa shape index (κ3) is 4.75. The first-order chi connectivity index (χ1) is 8.58. The number of hydrogen-bond acceptors (Lipinski definition) is 3. The van der Waals surface area contributed by atoms with Gasteiger partial charge in [0.15, 0.2) is 9.84 Å². The first-order valence-electron chi connectivity index (χ1n) is 6.27. The number of halogens is 2. The molecule has 0 saturated carbocycles. The second-order valence-electron chi connectivity index (χ2n) is 4.75. The molecular weight excluding hydrogens is 289 g/mol. The van der Waals surface area contributed by atoms with Gasteiger partial charge >= 0.3 is 0 Å². The van der Waals surface area contributed by atoms with E-state index in [0.29, 0.717) is 12.3 Å². The van der Waals surface area contributed by atoms with E-state index in [9.17, 15) is 12.8 Å². The standard InChI is InChI=1S/C13H18FNO2S.ClH/c14-12-1-3-13(4-2-12)18(16,17)10-7-11-5-8-15-9-6-11;/h1-4,11,15H,5-10H2;1H. The highest BCUT2D eigenvalue weighted by Gasteiger charge is 2.19. The van der Waals surface area contributed by atoms with Crippen molar-refractivity contribution in [1.82, 2.24) is 5.32 Å². The van der Waals surface area contributed by atoms with Gasteiger partial charge in [0.25, 0.3) is 0 Å². The van der Waals surface area contributed by atoms with E-state index in [1.807, 2.05) is 0 Å². The molecule has 0 atom stereocenters. The maximum atomic E-state index is 12.7. The zero-order valence-corrected chi connectivity index (χ0v) is 12.3. The van der Waals surface area contributed by atoms with Gasteiger partial charge in [-0.3, -0.25) is 0 Å². The van der Waals surface area contributed by atoms with Crippen molar-refractivity contribution in [1.29, 1.82) is 0 Å². The second kappa shape index (κ2) is 7.22. The fourth-order valence-electron chi connectivity index (χ4n) is 2.25. The third-order valence-corrected chi connectivity index (χ3v) is 5.19. The maximum absolute atomic E-state index is 12.7. The molecule has 0 aromatic heterocycles. The lowest BCUT2D eigenvalue weighted by atomic mass is 9.96. The highest BCUT2D eigenvalue weighted by molar-refractivity contribution is 7.91. The predicted octanol–water partition coefficient (Wildman–Crippen LogP) is 2.41. The van der Waals surface area contributed by atoms with Crippen molar-refractivity contribution in [3.05, 3.63) is 30.1 Å². The molecule has 3 nitrogen and oxygen atoms in total. The van der Waals surface area contributed by atoms with E-state index in [-0.39, 0.29) is 23.1 Å². The molecule has 1 aliphatic rings. The van der Waals surface area contributed by atoms with E-state index < -0.39 is 15.7 Å². The Kier molecular flexibility index (Phi) is 6.23. The molecule has 1 N–H and O–H groups in total. The summed E-state index contributed by atoms with van der Waals surface area (Å²) in [6.07, 6.45) is 2.78. The molecule has 2 rings (SSSR count). The van der Waals surface area contributed by atoms with Crippen molar-refractivity contribution in [2.75, 3.05) is 18.8 Å². The Morgan fingerprint density at radius 3 is 2.32 bits per heavy atom. The fourth-order valence-corrected chi connectivity index (χ4v) is 3.68. The minimum atomic E-state index is -3.26. The van der Waals surface area contributed by atoms with Crippen molar-refractivity contribution >= 4 is 22.2 Å². The van der Waals surface area contributed by atoms with Gasteiger partial charge in [0.05, 0.1) is 10.6 Å². The number of benzene rings is 1. The summed E-state index contributed by atoms with van der Waals surface area (Å²) in [6.45, 7) is 1.95. The van der Waals surface area contributed by atoms with Gasteiger partial charge in [-0.2, -0.15) is 0 Å². The van der Waals surface area contributed by atoms with Gasteiger partial charge in [-0.1, -0.05) is 0 Å². The van der Waals surface area contributed by atoms with Gasteiger partial charge in [-0.15, -0.1) is 12.4 Å². The lowest BCUT2D eigenvalue weighted by molar-refractivity contribution is 0.365. The largest absolute Gasteiger partial charge is 0.317 e. The van der Waals surface area contributed by atoms with Crippen LogP contribution in [-0.2, 0) is 9.84 Å². The van der Waals surface area contributed by atoms with E-state index in [2.05, 4.69) is 5.32 Å². The molecule has 1 aromatic rings. The molecule has 1 saturated heterocycles. The molecule has 0 aliphatic carbocycles. The van der Waals surface area contributed by atoms with Crippen LogP contribution in [0.5, 0.6) is 0 Å². The Morgan fingerprint density at radius 1 is 1.16 bits per heavy atom. The van der Waals surface area contributed by atoms with Gasteiger partial charge < -0.3 is 5.32 Å². The number of piperidine rings is 1. The monoisotopic (exact) mass is 307 g/mol. The minimum absolute atomic E-state index is 0. The van der Waals surface area contributed by atoms with Crippen LogP contribution in [0.1, 0.15) is 19.3 Å². The average molecular weight is 308 g/mol. The molecule has 0 radical (unpaired) electrons. The van der Waals surface area contributed by atoms with Crippen LogP contribution in [0.3, 0.4) is 0 Å². The normalized spacial score (nSPS) is 16.9. The summed E-state index contributed by atoms with van der Waals surface area (Å²) in [6, 6.07) is 5.06. The molecular formula is C13H19ClFNO2S. The maximum Gasteiger partial charge on any atom is 0.178 e. The van der Waals surface area contributed by atoms with Crippen LogP contribution in [0.15, 0.2) is 29.2 Å².